The topological polar surface area (TPSA) is 273 Å². The summed E-state index contributed by atoms with van der Waals surface area (Å²) in [7, 11) is 0.0548. The Balaban J connectivity index is 0.000000165. The second kappa shape index (κ2) is 27.4. The van der Waals surface area contributed by atoms with Crippen LogP contribution in [0.4, 0.5) is 11.9 Å². The van der Waals surface area contributed by atoms with Crippen LogP contribution < -0.4 is 10.6 Å². The van der Waals surface area contributed by atoms with Crippen LogP contribution in [0.2, 0.25) is 0 Å². The third-order valence-corrected chi connectivity index (χ3v) is 17.3. The smallest absolute Gasteiger partial charge is 0.335 e. The van der Waals surface area contributed by atoms with Crippen molar-refractivity contribution in [2.24, 2.45) is 0 Å². The molecule has 3 saturated carbocycles. The van der Waals surface area contributed by atoms with E-state index in [4.69, 9.17) is 51.1 Å². The average Bonchev–Trinajstić information content (AvgIpc) is 2.66. The molecule has 4 fully saturated rings. The molecule has 5 atom stereocenters. The van der Waals surface area contributed by atoms with Gasteiger partial charge in [0, 0.05) is 91.8 Å². The van der Waals surface area contributed by atoms with Crippen molar-refractivity contribution in [3.8, 4) is 50.7 Å². The zero-order chi connectivity index (χ0) is 60.6. The lowest BCUT2D eigenvalue weighted by Crippen LogP contribution is -2.43. The Labute approximate surface area is 504 Å². The molecule has 24 heteroatoms. The lowest BCUT2D eigenvalue weighted by molar-refractivity contribution is 0.100. The molecule has 1 aromatic carbocycles. The van der Waals surface area contributed by atoms with Crippen molar-refractivity contribution >= 4 is 55.7 Å². The van der Waals surface area contributed by atoms with Crippen LogP contribution in [0, 0.1) is 41.5 Å². The number of anilines is 2. The van der Waals surface area contributed by atoms with Crippen LogP contribution in [-0.2, 0) is 35.3 Å². The lowest BCUT2D eigenvalue weighted by Gasteiger charge is -2.30. The number of hydrogen-bond donors (Lipinski definition) is 3. The maximum atomic E-state index is 11.8. The molecule has 13 rings (SSSR count). The van der Waals surface area contributed by atoms with Crippen LogP contribution in [0.1, 0.15) is 105 Å². The summed E-state index contributed by atoms with van der Waals surface area (Å²) in [6, 6.07) is 18.8. The second-order valence-electron chi connectivity index (χ2n) is 22.6. The van der Waals surface area contributed by atoms with Gasteiger partial charge in [0.2, 0.25) is 11.9 Å². The third kappa shape index (κ3) is 14.0. The summed E-state index contributed by atoms with van der Waals surface area (Å²) < 4.78 is 68.9. The van der Waals surface area contributed by atoms with Gasteiger partial charge in [0.15, 0.2) is 0 Å². The Morgan fingerprint density at radius 1 is 0.651 bits per heavy atom. The minimum atomic E-state index is -3.56. The van der Waals surface area contributed by atoms with E-state index in [1.807, 2.05) is 103 Å². The first-order valence-corrected chi connectivity index (χ1v) is 31.8. The van der Waals surface area contributed by atoms with E-state index in [0.717, 1.165) is 152 Å². The van der Waals surface area contributed by atoms with Gasteiger partial charge in [-0.15, -0.1) is 0 Å². The summed E-state index contributed by atoms with van der Waals surface area (Å²) in [5.74, 6) is 2.60. The molecule has 86 heavy (non-hydrogen) atoms. The fourth-order valence-electron chi connectivity index (χ4n) is 12.5. The van der Waals surface area contributed by atoms with Gasteiger partial charge in [0.25, 0.3) is 10.1 Å². The SMILES string of the molecule is COC1CCCC1.COC1CCN([C@H]2CCC[C@@H]2Nc2ncc(C)c(-c3c[nH]c4nc(-c5c(C)noc5C)ccc34)n2)C1.Cc1cnc(N[C@H]2CCC[C@H]2OS(C)(=O)=O)nc1-c1cn(-c2ccccc2)c2nc(-c3c(C)noc3C)ccc12.O=S=O. The van der Waals surface area contributed by atoms with Crippen molar-refractivity contribution in [3.63, 3.8) is 0 Å². The molecule has 454 valence electrons. The van der Waals surface area contributed by atoms with E-state index >= 15 is 0 Å². The van der Waals surface area contributed by atoms with Crippen LogP contribution >= 0.6 is 0 Å². The van der Waals surface area contributed by atoms with Gasteiger partial charge in [-0.3, -0.25) is 9.08 Å². The number of nitrogens with zero attached hydrogens (tertiary/aromatic N) is 10. The quantitative estimate of drug-likeness (QED) is 0.0854. The van der Waals surface area contributed by atoms with E-state index < -0.39 is 27.8 Å². The molecule has 3 N–H and O–H groups in total. The van der Waals surface area contributed by atoms with Crippen molar-refractivity contribution in [1.29, 1.82) is 0 Å². The molecule has 1 saturated heterocycles. The van der Waals surface area contributed by atoms with Crippen molar-refractivity contribution < 1.29 is 39.5 Å². The number of benzene rings is 1. The number of aromatic nitrogens is 10. The maximum Gasteiger partial charge on any atom is 0.335 e. The van der Waals surface area contributed by atoms with Crippen LogP contribution in [0.3, 0.4) is 0 Å². The maximum absolute atomic E-state index is 11.8. The lowest BCUT2D eigenvalue weighted by atomic mass is 10.1. The van der Waals surface area contributed by atoms with Gasteiger partial charge in [0.05, 0.1) is 75.9 Å². The van der Waals surface area contributed by atoms with E-state index in [1.54, 1.807) is 13.3 Å². The minimum Gasteiger partial charge on any atom is -0.381 e. The fourth-order valence-corrected chi connectivity index (χ4v) is 13.2. The van der Waals surface area contributed by atoms with Gasteiger partial charge in [-0.2, -0.15) is 16.8 Å². The number of aryl methyl sites for hydroxylation is 6. The Hall–Kier alpha value is -7.61. The molecular formula is C62H75N13O9S2. The zero-order valence-corrected chi connectivity index (χ0v) is 51.8. The van der Waals surface area contributed by atoms with Crippen molar-refractivity contribution in [3.05, 3.63) is 113 Å². The van der Waals surface area contributed by atoms with E-state index in [9.17, 15) is 8.42 Å². The van der Waals surface area contributed by atoms with Crippen LogP contribution in [-0.4, -0.2) is 142 Å². The molecule has 1 unspecified atom stereocenters. The normalized spacial score (nSPS) is 19.7. The van der Waals surface area contributed by atoms with Gasteiger partial charge < -0.3 is 38.7 Å². The van der Waals surface area contributed by atoms with E-state index in [-0.39, 0.29) is 6.04 Å². The molecule has 4 aliphatic rings. The van der Waals surface area contributed by atoms with Crippen LogP contribution in [0.5, 0.6) is 0 Å². The zero-order valence-electron chi connectivity index (χ0n) is 50.1. The van der Waals surface area contributed by atoms with Gasteiger partial charge in [-0.25, -0.2) is 29.9 Å². The number of hydrogen-bond acceptors (Lipinski definition) is 20. The highest BCUT2D eigenvalue weighted by Gasteiger charge is 2.37. The Morgan fingerprint density at radius 2 is 1.23 bits per heavy atom. The molecule has 0 radical (unpaired) electrons. The number of methoxy groups -OCH3 is 2. The minimum absolute atomic E-state index is 0.199. The Morgan fingerprint density at radius 3 is 1.81 bits per heavy atom. The molecule has 22 nitrogen and oxygen atoms in total. The molecule has 3 aliphatic carbocycles. The van der Waals surface area contributed by atoms with Gasteiger partial charge in [-0.05, 0) is 147 Å². The number of likely N-dealkylation sites (tertiary alicyclic amines) is 1. The van der Waals surface area contributed by atoms with E-state index in [0.29, 0.717) is 42.6 Å². The summed E-state index contributed by atoms with van der Waals surface area (Å²) in [5, 5.41) is 17.1. The summed E-state index contributed by atoms with van der Waals surface area (Å²) in [6.07, 6.45) is 21.6. The number of rotatable bonds is 14. The summed E-state index contributed by atoms with van der Waals surface area (Å²) in [4.78, 5) is 34.9. The number of nitrogens with one attached hydrogen (secondary N) is 3. The molecular weight excluding hydrogens is 1130 g/mol. The highest BCUT2D eigenvalue weighted by atomic mass is 32.2. The molecule has 1 aliphatic heterocycles. The Bertz CT molecular complexity index is 3910. The molecule has 0 bridgehead atoms. The molecule has 9 heterocycles. The number of aromatic amines is 1. The average molecular weight is 1210 g/mol. The number of H-pyrrole nitrogens is 1. The van der Waals surface area contributed by atoms with Crippen molar-refractivity contribution in [1.82, 2.24) is 54.7 Å². The predicted octanol–water partition coefficient (Wildman–Crippen LogP) is 10.9. The summed E-state index contributed by atoms with van der Waals surface area (Å²) in [6.45, 7) is 13.8. The second-order valence-corrected chi connectivity index (χ2v) is 24.3. The molecule has 0 spiro atoms. The fraction of sp³-hybridized carbons (Fsp3) is 0.452. The largest absolute Gasteiger partial charge is 0.381 e. The first kappa shape index (κ1) is 61.5. The van der Waals surface area contributed by atoms with Crippen LogP contribution in [0.25, 0.3) is 72.8 Å². The van der Waals surface area contributed by atoms with Crippen LogP contribution in [0.15, 0.2) is 88.4 Å². The van der Waals surface area contributed by atoms with Gasteiger partial charge >= 0.3 is 11.6 Å². The molecule has 8 aromatic heterocycles. The first-order valence-electron chi connectivity index (χ1n) is 29.3. The molecule has 0 amide bonds. The number of pyridine rings is 2. The highest BCUT2D eigenvalue weighted by molar-refractivity contribution is 7.86. The van der Waals surface area contributed by atoms with E-state index in [2.05, 4.69) is 64.4 Å². The van der Waals surface area contributed by atoms with E-state index in [1.165, 1.54) is 38.5 Å². The standard InChI is InChI=1S/C29H30N6O4S.C27H33N7O2.C6H12O.O2S/c1-17-15-30-29(32-23-11-8-12-25(23)39-40(4,36)37)33-27(17)22-16-35(20-9-6-5-7-10-20)28-21(22)13-14-24(31-28)26-18(2)34-38-19(26)3;1-15-12-29-27(31-21-6-5-7-23(21)34-11-10-18(14-34)35-4)32-25(15)20-13-28-26-19(20)8-9-22(30-26)24-16(2)33-36-17(24)3;1-7-6-4-2-3-5-6;1-3-2/h5-7,9-10,13-16,23,25H,8,11-12H2,1-4H3,(H,30,32,33);8-9,12-13,18,21,23H,5-7,10-11,14H2,1-4H3,(H,28,30)(H,29,31,32);6H,2-5H2,1H3;/t23-,25+;18?,21-,23-;;/m00../s1. The van der Waals surface area contributed by atoms with Gasteiger partial charge in [-0.1, -0.05) is 41.4 Å². The predicted molar refractivity (Wildman–Crippen MR) is 330 cm³/mol. The molecule has 9 aromatic rings. The third-order valence-electron chi connectivity index (χ3n) is 16.7. The number of para-hydroxylation sites is 1. The van der Waals surface area contributed by atoms with Gasteiger partial charge in [0.1, 0.15) is 22.8 Å². The van der Waals surface area contributed by atoms with Crippen molar-refractivity contribution in [2.45, 2.75) is 149 Å². The Kier molecular flexibility index (Phi) is 19.6. The van der Waals surface area contributed by atoms with Crippen molar-refractivity contribution in [2.75, 3.05) is 44.2 Å². The number of ether oxygens (including phenoxy) is 2. The first-order chi connectivity index (χ1) is 41.5. The highest BCUT2D eigenvalue weighted by Crippen LogP contribution is 2.38. The monoisotopic (exact) mass is 1210 g/mol. The number of fused-ring (bicyclic) bond motifs is 2. The summed E-state index contributed by atoms with van der Waals surface area (Å²) in [5.41, 5.74) is 13.2. The summed E-state index contributed by atoms with van der Waals surface area (Å²) >= 11 is -0.750.